The number of nitrogens with one attached hydrogen (secondary N) is 1. The second kappa shape index (κ2) is 5.73. The van der Waals surface area contributed by atoms with Crippen LogP contribution in [0.2, 0.25) is 0 Å². The molecule has 2 aliphatic rings. The van der Waals surface area contributed by atoms with E-state index in [1.165, 1.54) is 24.2 Å². The average Bonchev–Trinajstić information content (AvgIpc) is 3.13. The van der Waals surface area contributed by atoms with Crippen LogP contribution in [0.3, 0.4) is 0 Å². The Bertz CT molecular complexity index is 558. The van der Waals surface area contributed by atoms with Gasteiger partial charge in [-0.3, -0.25) is 0 Å². The number of nitrogens with zero attached hydrogens (tertiary/aromatic N) is 2. The molecule has 1 N–H and O–H groups in total. The molecular weight excluding hydrogens is 294 g/mol. The van der Waals surface area contributed by atoms with Crippen molar-refractivity contribution >= 4 is 21.4 Å². The molecule has 0 aromatic carbocycles. The van der Waals surface area contributed by atoms with Crippen molar-refractivity contribution in [1.29, 1.82) is 0 Å². The van der Waals surface area contributed by atoms with Gasteiger partial charge in [0.15, 0.2) is 0 Å². The maximum atomic E-state index is 12.6. The lowest BCUT2D eigenvalue weighted by Crippen LogP contribution is -2.46. The number of hydrogen-bond donors (Lipinski definition) is 1. The van der Waals surface area contributed by atoms with E-state index in [9.17, 15) is 8.42 Å². The van der Waals surface area contributed by atoms with Crippen molar-refractivity contribution in [3.05, 3.63) is 17.0 Å². The van der Waals surface area contributed by atoms with Crippen LogP contribution >= 0.6 is 11.3 Å². The summed E-state index contributed by atoms with van der Waals surface area (Å²) in [6.07, 6.45) is 2.49. The van der Waals surface area contributed by atoms with Crippen molar-refractivity contribution in [2.45, 2.75) is 29.6 Å². The average molecular weight is 315 g/mol. The second-order valence-electron chi connectivity index (χ2n) is 5.64. The molecule has 0 unspecified atom stereocenters. The van der Waals surface area contributed by atoms with Crippen molar-refractivity contribution in [2.24, 2.45) is 0 Å². The van der Waals surface area contributed by atoms with E-state index >= 15 is 0 Å². The van der Waals surface area contributed by atoms with Gasteiger partial charge in [-0.25, -0.2) is 8.42 Å². The van der Waals surface area contributed by atoms with Gasteiger partial charge in [-0.05, 0) is 36.9 Å². The molecule has 1 aromatic heterocycles. The summed E-state index contributed by atoms with van der Waals surface area (Å²) in [6, 6.07) is 2.47. The fourth-order valence-electron chi connectivity index (χ4n) is 2.29. The fourth-order valence-corrected chi connectivity index (χ4v) is 5.07. The lowest BCUT2D eigenvalue weighted by Gasteiger charge is -2.31. The zero-order valence-corrected chi connectivity index (χ0v) is 13.3. The quantitative estimate of drug-likeness (QED) is 0.878. The van der Waals surface area contributed by atoms with Gasteiger partial charge >= 0.3 is 0 Å². The summed E-state index contributed by atoms with van der Waals surface area (Å²) < 4.78 is 27.2. The van der Waals surface area contributed by atoms with Gasteiger partial charge in [-0.2, -0.15) is 4.31 Å². The maximum absolute atomic E-state index is 12.6. The molecule has 5 nitrogen and oxygen atoms in total. The smallest absolute Gasteiger partial charge is 0.252 e. The Hall–Kier alpha value is -0.470. The first-order valence-electron chi connectivity index (χ1n) is 7.05. The highest BCUT2D eigenvalue weighted by Gasteiger charge is 2.29. The predicted molar refractivity (Wildman–Crippen MR) is 80.4 cm³/mol. The summed E-state index contributed by atoms with van der Waals surface area (Å²) in [6.45, 7) is 3.57. The van der Waals surface area contributed by atoms with Gasteiger partial charge in [0, 0.05) is 38.8 Å². The molecule has 1 aliphatic carbocycles. The van der Waals surface area contributed by atoms with Gasteiger partial charge in [0.05, 0.1) is 0 Å². The Labute approximate surface area is 124 Å². The minimum atomic E-state index is -3.29. The highest BCUT2D eigenvalue weighted by molar-refractivity contribution is 7.91. The van der Waals surface area contributed by atoms with Crippen LogP contribution in [0.25, 0.3) is 0 Å². The molecule has 0 amide bonds. The first-order valence-corrected chi connectivity index (χ1v) is 9.37. The number of thiophene rings is 1. The first-order chi connectivity index (χ1) is 9.55. The van der Waals surface area contributed by atoms with Gasteiger partial charge in [0.25, 0.3) is 10.0 Å². The number of rotatable bonds is 5. The highest BCUT2D eigenvalue weighted by Crippen LogP contribution is 2.26. The number of sulfonamides is 1. The lowest BCUT2D eigenvalue weighted by atomic mass is 10.3. The van der Waals surface area contributed by atoms with Crippen molar-refractivity contribution in [2.75, 3.05) is 33.2 Å². The van der Waals surface area contributed by atoms with Crippen molar-refractivity contribution in [3.63, 3.8) is 0 Å². The van der Waals surface area contributed by atoms with E-state index < -0.39 is 10.0 Å². The minimum absolute atomic E-state index is 0.481. The van der Waals surface area contributed by atoms with Gasteiger partial charge in [0.2, 0.25) is 0 Å². The van der Waals surface area contributed by atoms with E-state index in [0.717, 1.165) is 25.2 Å². The third-order valence-corrected chi connectivity index (χ3v) is 7.22. The molecule has 0 bridgehead atoms. The van der Waals surface area contributed by atoms with Crippen LogP contribution in [-0.2, 0) is 16.6 Å². The van der Waals surface area contributed by atoms with Gasteiger partial charge in [-0.15, -0.1) is 11.3 Å². The Morgan fingerprint density at radius 1 is 1.30 bits per heavy atom. The normalized spacial score (nSPS) is 22.2. The maximum Gasteiger partial charge on any atom is 0.252 e. The predicted octanol–water partition coefficient (Wildman–Crippen LogP) is 0.936. The summed E-state index contributed by atoms with van der Waals surface area (Å²) >= 11 is 1.34. The summed E-state index contributed by atoms with van der Waals surface area (Å²) in [7, 11) is -1.27. The Morgan fingerprint density at radius 3 is 2.65 bits per heavy atom. The number of piperazine rings is 1. The minimum Gasteiger partial charge on any atom is -0.310 e. The van der Waals surface area contributed by atoms with Crippen LogP contribution in [0.15, 0.2) is 15.7 Å². The number of hydrogen-bond acceptors (Lipinski definition) is 5. The van der Waals surface area contributed by atoms with Crippen LogP contribution in [0.5, 0.6) is 0 Å². The van der Waals surface area contributed by atoms with Gasteiger partial charge in [0.1, 0.15) is 4.21 Å². The largest absolute Gasteiger partial charge is 0.310 e. The molecule has 20 heavy (non-hydrogen) atoms. The van der Waals surface area contributed by atoms with Crippen LogP contribution in [0.1, 0.15) is 18.4 Å². The van der Waals surface area contributed by atoms with E-state index in [1.807, 2.05) is 18.5 Å². The molecule has 2 heterocycles. The van der Waals surface area contributed by atoms with E-state index in [1.54, 1.807) is 4.31 Å². The van der Waals surface area contributed by atoms with Crippen LogP contribution in [0, 0.1) is 0 Å². The molecule has 3 rings (SSSR count). The molecule has 7 heteroatoms. The third-order valence-electron chi connectivity index (χ3n) is 3.86. The van der Waals surface area contributed by atoms with Crippen LogP contribution < -0.4 is 5.32 Å². The molecule has 1 aromatic rings. The SMILES string of the molecule is CN1CCN(S(=O)(=O)c2cc(CNC3CC3)cs2)CC1. The van der Waals surface area contributed by atoms with E-state index in [4.69, 9.17) is 0 Å². The van der Waals surface area contributed by atoms with Gasteiger partial charge < -0.3 is 10.2 Å². The van der Waals surface area contributed by atoms with E-state index in [-0.39, 0.29) is 0 Å². The van der Waals surface area contributed by atoms with Crippen LogP contribution in [0.4, 0.5) is 0 Å². The van der Waals surface area contributed by atoms with Crippen molar-refractivity contribution < 1.29 is 8.42 Å². The lowest BCUT2D eigenvalue weighted by molar-refractivity contribution is 0.222. The highest BCUT2D eigenvalue weighted by atomic mass is 32.2. The van der Waals surface area contributed by atoms with E-state index in [0.29, 0.717) is 23.3 Å². The molecule has 112 valence electrons. The Balaban J connectivity index is 1.67. The summed E-state index contributed by atoms with van der Waals surface area (Å²) in [5.74, 6) is 0. The summed E-state index contributed by atoms with van der Waals surface area (Å²) in [5, 5.41) is 5.37. The molecule has 1 saturated heterocycles. The van der Waals surface area contributed by atoms with E-state index in [2.05, 4.69) is 10.2 Å². The molecule has 2 fully saturated rings. The number of likely N-dealkylation sites (N-methyl/N-ethyl adjacent to an activating group) is 1. The second-order valence-corrected chi connectivity index (χ2v) is 8.71. The zero-order chi connectivity index (χ0) is 14.2. The van der Waals surface area contributed by atoms with Crippen LogP contribution in [-0.4, -0.2) is 56.9 Å². The molecule has 1 aliphatic heterocycles. The monoisotopic (exact) mass is 315 g/mol. The molecule has 1 saturated carbocycles. The standard InChI is InChI=1S/C13H21N3O2S2/c1-15-4-6-16(7-5-15)20(17,18)13-8-11(10-19-13)9-14-12-2-3-12/h8,10,12,14H,2-7,9H2,1H3. The third kappa shape index (κ3) is 3.23. The summed E-state index contributed by atoms with van der Waals surface area (Å²) in [5.41, 5.74) is 1.08. The Kier molecular flexibility index (Phi) is 4.14. The Morgan fingerprint density at radius 2 is 2.00 bits per heavy atom. The molecule has 0 spiro atoms. The zero-order valence-electron chi connectivity index (χ0n) is 11.7. The van der Waals surface area contributed by atoms with Crippen molar-refractivity contribution in [1.82, 2.24) is 14.5 Å². The first kappa shape index (κ1) is 14.5. The summed E-state index contributed by atoms with van der Waals surface area (Å²) in [4.78, 5) is 2.16. The molecular formula is C13H21N3O2S2. The molecule has 0 atom stereocenters. The van der Waals surface area contributed by atoms with Gasteiger partial charge in [-0.1, -0.05) is 0 Å². The fraction of sp³-hybridized carbons (Fsp3) is 0.692. The topological polar surface area (TPSA) is 52.7 Å². The molecule has 0 radical (unpaired) electrons. The van der Waals surface area contributed by atoms with Crippen molar-refractivity contribution in [3.8, 4) is 0 Å².